The molecule has 1 atom stereocenters. The van der Waals surface area contributed by atoms with Gasteiger partial charge in [0, 0.05) is 37.0 Å². The van der Waals surface area contributed by atoms with E-state index in [4.69, 9.17) is 16.6 Å². The number of nitrogens with zero attached hydrogens (tertiary/aromatic N) is 4. The van der Waals surface area contributed by atoms with Crippen molar-refractivity contribution in [3.63, 3.8) is 0 Å². The number of carbonyl (C=O) groups is 2. The third-order valence-corrected chi connectivity index (χ3v) is 8.04. The summed E-state index contributed by atoms with van der Waals surface area (Å²) in [4.78, 5) is 41.8. The monoisotopic (exact) mass is 528 g/mol. The van der Waals surface area contributed by atoms with Crippen molar-refractivity contribution >= 4 is 40.9 Å². The van der Waals surface area contributed by atoms with Gasteiger partial charge in [-0.1, -0.05) is 42.6 Å². The number of rotatable bonds is 7. The Bertz CT molecular complexity index is 1400. The largest absolute Gasteiger partial charge is 0.368 e. The zero-order chi connectivity index (χ0) is 26.1. The molecule has 9 heteroatoms. The standard InChI is InChI=1S/C29H29ClN6O2/c30-23-8-2-1-7-22(23)26-35-29(10-4-5-11-29)28(38)36(26)14-13-32-25-17-19-15-20(16-21(19)18-33-25)27(37)34-24-9-3-6-12-31-24/h1-3,6-9,12,17-18,20H,4-5,10-11,13-16H2,(H,32,33)(H,31,34,37). The summed E-state index contributed by atoms with van der Waals surface area (Å²) < 4.78 is 0. The Labute approximate surface area is 226 Å². The first kappa shape index (κ1) is 24.6. The summed E-state index contributed by atoms with van der Waals surface area (Å²) in [5.74, 6) is 1.83. The number of halogens is 1. The van der Waals surface area contributed by atoms with Gasteiger partial charge in [0.05, 0.1) is 5.02 Å². The van der Waals surface area contributed by atoms with E-state index in [9.17, 15) is 9.59 Å². The lowest BCUT2D eigenvalue weighted by atomic mass is 9.98. The van der Waals surface area contributed by atoms with E-state index in [0.29, 0.717) is 42.6 Å². The lowest BCUT2D eigenvalue weighted by molar-refractivity contribution is -0.130. The highest BCUT2D eigenvalue weighted by Crippen LogP contribution is 2.40. The van der Waals surface area contributed by atoms with Crippen molar-refractivity contribution in [2.24, 2.45) is 10.9 Å². The van der Waals surface area contributed by atoms with Gasteiger partial charge in [-0.15, -0.1) is 0 Å². The first-order valence-corrected chi connectivity index (χ1v) is 13.5. The topological polar surface area (TPSA) is 99.6 Å². The summed E-state index contributed by atoms with van der Waals surface area (Å²) in [6, 6.07) is 15.0. The second-order valence-corrected chi connectivity index (χ2v) is 10.6. The summed E-state index contributed by atoms with van der Waals surface area (Å²) in [6.45, 7) is 0.971. The molecule has 38 heavy (non-hydrogen) atoms. The number of carbonyl (C=O) groups excluding carboxylic acids is 2. The lowest BCUT2D eigenvalue weighted by Crippen LogP contribution is -2.43. The molecule has 0 saturated heterocycles. The second-order valence-electron chi connectivity index (χ2n) is 10.2. The zero-order valence-corrected chi connectivity index (χ0v) is 21.7. The van der Waals surface area contributed by atoms with Gasteiger partial charge in [-0.25, -0.2) is 9.97 Å². The third kappa shape index (κ3) is 4.65. The van der Waals surface area contributed by atoms with Crippen LogP contribution < -0.4 is 10.6 Å². The first-order chi connectivity index (χ1) is 18.5. The molecule has 6 rings (SSSR count). The molecule has 2 aromatic heterocycles. The number of aliphatic imine (C=N–C) groups is 1. The minimum Gasteiger partial charge on any atom is -0.368 e. The average Bonchev–Trinajstić information content (AvgIpc) is 3.64. The Balaban J connectivity index is 1.11. The van der Waals surface area contributed by atoms with Crippen molar-refractivity contribution < 1.29 is 9.59 Å². The normalized spacial score (nSPS) is 19.5. The van der Waals surface area contributed by atoms with E-state index < -0.39 is 5.54 Å². The van der Waals surface area contributed by atoms with Crippen molar-refractivity contribution in [2.75, 3.05) is 23.7 Å². The fourth-order valence-electron chi connectivity index (χ4n) is 5.74. The maximum atomic E-state index is 13.5. The smallest absolute Gasteiger partial charge is 0.256 e. The van der Waals surface area contributed by atoms with Crippen molar-refractivity contribution in [3.8, 4) is 0 Å². The van der Waals surface area contributed by atoms with Crippen molar-refractivity contribution in [2.45, 2.75) is 44.1 Å². The van der Waals surface area contributed by atoms with E-state index in [-0.39, 0.29) is 17.7 Å². The van der Waals surface area contributed by atoms with Gasteiger partial charge in [0.15, 0.2) is 0 Å². The number of amides is 2. The number of fused-ring (bicyclic) bond motifs is 1. The van der Waals surface area contributed by atoms with Crippen LogP contribution >= 0.6 is 11.6 Å². The second kappa shape index (κ2) is 10.2. The molecule has 3 aliphatic rings. The van der Waals surface area contributed by atoms with E-state index in [0.717, 1.165) is 48.2 Å². The molecule has 0 bridgehead atoms. The van der Waals surface area contributed by atoms with Crippen LogP contribution in [0.2, 0.25) is 5.02 Å². The van der Waals surface area contributed by atoms with Gasteiger partial charge in [0.1, 0.15) is 23.0 Å². The van der Waals surface area contributed by atoms with Crippen LogP contribution in [0.15, 0.2) is 65.9 Å². The average molecular weight is 529 g/mol. The molecule has 3 heterocycles. The molecule has 2 N–H and O–H groups in total. The molecule has 194 valence electrons. The molecule has 1 fully saturated rings. The van der Waals surface area contributed by atoms with E-state index >= 15 is 0 Å². The highest BCUT2D eigenvalue weighted by Gasteiger charge is 2.50. The number of aromatic nitrogens is 2. The van der Waals surface area contributed by atoms with Crippen molar-refractivity contribution in [3.05, 3.63) is 82.6 Å². The molecule has 3 aromatic rings. The van der Waals surface area contributed by atoms with Crippen LogP contribution in [-0.2, 0) is 22.4 Å². The Morgan fingerprint density at radius 1 is 1.03 bits per heavy atom. The van der Waals surface area contributed by atoms with E-state index in [2.05, 4.69) is 20.6 Å². The quantitative estimate of drug-likeness (QED) is 0.470. The molecule has 1 saturated carbocycles. The van der Waals surface area contributed by atoms with E-state index in [1.54, 1.807) is 17.2 Å². The molecule has 0 radical (unpaired) electrons. The Morgan fingerprint density at radius 2 is 1.82 bits per heavy atom. The molecular weight excluding hydrogens is 500 g/mol. The van der Waals surface area contributed by atoms with Gasteiger partial charge in [-0.3, -0.25) is 19.5 Å². The Morgan fingerprint density at radius 3 is 2.61 bits per heavy atom. The number of hydrogen-bond donors (Lipinski definition) is 2. The summed E-state index contributed by atoms with van der Waals surface area (Å²) in [6.07, 6.45) is 8.40. The van der Waals surface area contributed by atoms with E-state index in [1.807, 2.05) is 48.7 Å². The number of nitrogens with one attached hydrogen (secondary N) is 2. The number of amidine groups is 1. The molecule has 1 aromatic carbocycles. The summed E-state index contributed by atoms with van der Waals surface area (Å²) >= 11 is 6.50. The Hall–Kier alpha value is -3.78. The van der Waals surface area contributed by atoms with Gasteiger partial charge >= 0.3 is 0 Å². The maximum absolute atomic E-state index is 13.5. The number of benzene rings is 1. The van der Waals surface area contributed by atoms with Crippen LogP contribution in [0, 0.1) is 5.92 Å². The van der Waals surface area contributed by atoms with Crippen LogP contribution in [0.1, 0.15) is 42.4 Å². The molecular formula is C29H29ClN6O2. The fraction of sp³-hybridized carbons (Fsp3) is 0.345. The molecule has 8 nitrogen and oxygen atoms in total. The third-order valence-electron chi connectivity index (χ3n) is 7.71. The van der Waals surface area contributed by atoms with Crippen LogP contribution in [-0.4, -0.2) is 51.1 Å². The Kier molecular flexibility index (Phi) is 6.57. The van der Waals surface area contributed by atoms with Gasteiger partial charge in [0.25, 0.3) is 5.91 Å². The minimum absolute atomic E-state index is 0.0332. The number of anilines is 2. The minimum atomic E-state index is -0.648. The SMILES string of the molecule is O=C(Nc1ccccn1)C1Cc2cnc(NCCN3C(=O)C4(CCCC4)N=C3c3ccccc3Cl)cc2C1. The highest BCUT2D eigenvalue weighted by molar-refractivity contribution is 6.35. The fourth-order valence-corrected chi connectivity index (χ4v) is 5.96. The number of pyridine rings is 2. The van der Waals surface area contributed by atoms with Crippen LogP contribution in [0.25, 0.3) is 0 Å². The predicted molar refractivity (Wildman–Crippen MR) is 147 cm³/mol. The van der Waals surface area contributed by atoms with Gasteiger partial charge in [-0.05, 0) is 67.1 Å². The van der Waals surface area contributed by atoms with Crippen LogP contribution in [0.5, 0.6) is 0 Å². The summed E-state index contributed by atoms with van der Waals surface area (Å²) in [7, 11) is 0. The lowest BCUT2D eigenvalue weighted by Gasteiger charge is -2.23. The predicted octanol–water partition coefficient (Wildman–Crippen LogP) is 4.50. The van der Waals surface area contributed by atoms with Crippen LogP contribution in [0.4, 0.5) is 11.6 Å². The molecule has 1 unspecified atom stereocenters. The van der Waals surface area contributed by atoms with Gasteiger partial charge < -0.3 is 10.6 Å². The molecule has 2 aliphatic carbocycles. The summed E-state index contributed by atoms with van der Waals surface area (Å²) in [5, 5.41) is 6.86. The van der Waals surface area contributed by atoms with E-state index in [1.165, 1.54) is 0 Å². The number of hydrogen-bond acceptors (Lipinski definition) is 6. The zero-order valence-electron chi connectivity index (χ0n) is 21.0. The first-order valence-electron chi connectivity index (χ1n) is 13.1. The van der Waals surface area contributed by atoms with Crippen molar-refractivity contribution in [1.82, 2.24) is 14.9 Å². The van der Waals surface area contributed by atoms with Gasteiger partial charge in [-0.2, -0.15) is 0 Å². The van der Waals surface area contributed by atoms with Crippen molar-refractivity contribution in [1.29, 1.82) is 0 Å². The molecule has 1 spiro atoms. The van der Waals surface area contributed by atoms with Crippen LogP contribution in [0.3, 0.4) is 0 Å². The summed E-state index contributed by atoms with van der Waals surface area (Å²) in [5.41, 5.74) is 2.34. The maximum Gasteiger partial charge on any atom is 0.256 e. The highest BCUT2D eigenvalue weighted by atomic mass is 35.5. The molecule has 2 amide bonds. The van der Waals surface area contributed by atoms with Gasteiger partial charge in [0.2, 0.25) is 5.91 Å². The molecule has 1 aliphatic heterocycles.